The molecule has 0 unspecified atom stereocenters. The summed E-state index contributed by atoms with van der Waals surface area (Å²) >= 11 is 5.92. The highest BCUT2D eigenvalue weighted by atomic mass is 35.5. The third-order valence-electron chi connectivity index (χ3n) is 2.55. The highest BCUT2D eigenvalue weighted by Crippen LogP contribution is 2.21. The van der Waals surface area contributed by atoms with Crippen LogP contribution in [0, 0.1) is 0 Å². The number of nitrogens with one attached hydrogen (secondary N) is 1. The molecule has 0 saturated heterocycles. The number of carboxylic acids is 1. The summed E-state index contributed by atoms with van der Waals surface area (Å²) in [7, 11) is 0. The first-order valence-corrected chi connectivity index (χ1v) is 5.38. The Kier molecular flexibility index (Phi) is 2.09. The summed E-state index contributed by atoms with van der Waals surface area (Å²) < 4.78 is 1.81. The van der Waals surface area contributed by atoms with Crippen LogP contribution in [0.5, 0.6) is 0 Å². The Labute approximate surface area is 101 Å². The lowest BCUT2D eigenvalue weighted by atomic mass is 10.3. The highest BCUT2D eigenvalue weighted by molar-refractivity contribution is 6.31. The zero-order valence-corrected chi connectivity index (χ0v) is 9.40. The van der Waals surface area contributed by atoms with Crippen LogP contribution in [0.25, 0.3) is 16.8 Å². The first-order chi connectivity index (χ1) is 8.13. The van der Waals surface area contributed by atoms with Crippen LogP contribution >= 0.6 is 11.6 Å². The standard InChI is InChI=1S/C11H8ClN3O2/c12-6-1-2-8-9(3-6)15-5-7(4-10(16)17)13-11(15)14-8/h1-3,5H,4H2,(H,13,14)(H,16,17). The zero-order valence-electron chi connectivity index (χ0n) is 8.64. The SMILES string of the molecule is O=C(O)Cc1cn2c(nc3ccc(Cl)cc32)[nH]1. The number of hydrogen-bond acceptors (Lipinski definition) is 2. The van der Waals surface area contributed by atoms with E-state index in [4.69, 9.17) is 16.7 Å². The Morgan fingerprint density at radius 1 is 1.53 bits per heavy atom. The van der Waals surface area contributed by atoms with Crippen molar-refractivity contribution in [3.05, 3.63) is 35.1 Å². The molecule has 0 aliphatic carbocycles. The molecule has 2 aromatic heterocycles. The van der Waals surface area contributed by atoms with E-state index in [1.807, 2.05) is 6.07 Å². The van der Waals surface area contributed by atoms with Crippen LogP contribution < -0.4 is 0 Å². The minimum absolute atomic E-state index is 0.0502. The fourth-order valence-electron chi connectivity index (χ4n) is 1.87. The Morgan fingerprint density at radius 3 is 3.12 bits per heavy atom. The lowest BCUT2D eigenvalue weighted by Crippen LogP contribution is -1.99. The van der Waals surface area contributed by atoms with E-state index in [1.165, 1.54) is 0 Å². The number of H-pyrrole nitrogens is 1. The number of carboxylic acid groups (broad SMARTS) is 1. The number of hydrogen-bond donors (Lipinski definition) is 2. The Hall–Kier alpha value is -2.01. The van der Waals surface area contributed by atoms with Crippen molar-refractivity contribution in [3.63, 3.8) is 0 Å². The maximum absolute atomic E-state index is 10.6. The van der Waals surface area contributed by atoms with Crippen molar-refractivity contribution in [2.45, 2.75) is 6.42 Å². The van der Waals surface area contributed by atoms with Gasteiger partial charge in [-0.05, 0) is 18.2 Å². The third-order valence-corrected chi connectivity index (χ3v) is 2.79. The summed E-state index contributed by atoms with van der Waals surface area (Å²) in [6, 6.07) is 5.40. The van der Waals surface area contributed by atoms with Gasteiger partial charge in [0.25, 0.3) is 0 Å². The van der Waals surface area contributed by atoms with Gasteiger partial charge in [0.05, 0.1) is 17.5 Å². The van der Waals surface area contributed by atoms with Crippen LogP contribution in [0.4, 0.5) is 0 Å². The number of rotatable bonds is 2. The van der Waals surface area contributed by atoms with E-state index in [-0.39, 0.29) is 6.42 Å². The van der Waals surface area contributed by atoms with Gasteiger partial charge < -0.3 is 10.1 Å². The quantitative estimate of drug-likeness (QED) is 0.731. The molecular formula is C11H8ClN3O2. The van der Waals surface area contributed by atoms with Gasteiger partial charge in [0, 0.05) is 16.9 Å². The monoisotopic (exact) mass is 249 g/mol. The maximum Gasteiger partial charge on any atom is 0.309 e. The highest BCUT2D eigenvalue weighted by Gasteiger charge is 2.10. The van der Waals surface area contributed by atoms with E-state index in [1.54, 1.807) is 22.7 Å². The Morgan fingerprint density at radius 2 is 2.35 bits per heavy atom. The van der Waals surface area contributed by atoms with E-state index in [9.17, 15) is 4.79 Å². The van der Waals surface area contributed by atoms with E-state index in [2.05, 4.69) is 9.97 Å². The second-order valence-electron chi connectivity index (χ2n) is 3.79. The Bertz CT molecular complexity index is 729. The van der Waals surface area contributed by atoms with Crippen LogP contribution in [0.1, 0.15) is 5.69 Å². The van der Waals surface area contributed by atoms with Gasteiger partial charge in [-0.2, -0.15) is 0 Å². The molecule has 17 heavy (non-hydrogen) atoms. The van der Waals surface area contributed by atoms with Crippen LogP contribution in [0.2, 0.25) is 5.02 Å². The molecule has 0 amide bonds. The van der Waals surface area contributed by atoms with Crippen molar-refractivity contribution in [1.82, 2.24) is 14.4 Å². The van der Waals surface area contributed by atoms with Crippen molar-refractivity contribution < 1.29 is 9.90 Å². The minimum atomic E-state index is -0.878. The molecule has 5 nitrogen and oxygen atoms in total. The van der Waals surface area contributed by atoms with Gasteiger partial charge in [0.2, 0.25) is 5.78 Å². The average molecular weight is 250 g/mol. The van der Waals surface area contributed by atoms with Crippen LogP contribution in [-0.4, -0.2) is 25.4 Å². The lowest BCUT2D eigenvalue weighted by Gasteiger charge is -1.92. The molecule has 3 rings (SSSR count). The summed E-state index contributed by atoms with van der Waals surface area (Å²) in [4.78, 5) is 17.9. The van der Waals surface area contributed by atoms with Gasteiger partial charge in [-0.1, -0.05) is 11.6 Å². The fourth-order valence-corrected chi connectivity index (χ4v) is 2.04. The smallest absolute Gasteiger partial charge is 0.309 e. The van der Waals surface area contributed by atoms with Gasteiger partial charge in [0.1, 0.15) is 0 Å². The van der Waals surface area contributed by atoms with Gasteiger partial charge in [-0.3, -0.25) is 9.20 Å². The molecule has 0 aliphatic heterocycles. The average Bonchev–Trinajstić information content (AvgIpc) is 2.74. The molecule has 2 N–H and O–H groups in total. The van der Waals surface area contributed by atoms with Crippen molar-refractivity contribution in [2.75, 3.05) is 0 Å². The summed E-state index contributed by atoms with van der Waals surface area (Å²) in [6.45, 7) is 0. The van der Waals surface area contributed by atoms with Gasteiger partial charge in [0.15, 0.2) is 0 Å². The van der Waals surface area contributed by atoms with Crippen molar-refractivity contribution in [1.29, 1.82) is 0 Å². The van der Waals surface area contributed by atoms with E-state index >= 15 is 0 Å². The second-order valence-corrected chi connectivity index (χ2v) is 4.22. The molecule has 0 bridgehead atoms. The van der Waals surface area contributed by atoms with Crippen molar-refractivity contribution in [2.24, 2.45) is 0 Å². The van der Waals surface area contributed by atoms with Gasteiger partial charge >= 0.3 is 5.97 Å². The number of halogens is 1. The molecule has 0 atom stereocenters. The molecule has 86 valence electrons. The third kappa shape index (κ3) is 1.64. The molecule has 3 aromatic rings. The molecule has 0 aliphatic rings. The number of fused-ring (bicyclic) bond motifs is 3. The first-order valence-electron chi connectivity index (χ1n) is 5.00. The Balaban J connectivity index is 2.23. The number of aliphatic carboxylic acids is 1. The van der Waals surface area contributed by atoms with Crippen LogP contribution in [0.15, 0.2) is 24.4 Å². The number of imidazole rings is 2. The maximum atomic E-state index is 10.6. The minimum Gasteiger partial charge on any atom is -0.481 e. The number of aromatic amines is 1. The summed E-state index contributed by atoms with van der Waals surface area (Å²) in [5.74, 6) is -0.254. The molecule has 0 radical (unpaired) electrons. The number of aromatic nitrogens is 3. The molecule has 0 saturated carbocycles. The number of carbonyl (C=O) groups is 1. The topological polar surface area (TPSA) is 70.4 Å². The summed E-state index contributed by atoms with van der Waals surface area (Å²) in [6.07, 6.45) is 1.68. The van der Waals surface area contributed by atoms with Crippen molar-refractivity contribution in [3.8, 4) is 0 Å². The molecule has 2 heterocycles. The lowest BCUT2D eigenvalue weighted by molar-refractivity contribution is -0.136. The van der Waals surface area contributed by atoms with E-state index < -0.39 is 5.97 Å². The van der Waals surface area contributed by atoms with Crippen molar-refractivity contribution >= 4 is 34.4 Å². The number of nitrogens with zero attached hydrogens (tertiary/aromatic N) is 2. The molecule has 1 aromatic carbocycles. The normalized spacial score (nSPS) is 11.4. The number of benzene rings is 1. The largest absolute Gasteiger partial charge is 0.481 e. The fraction of sp³-hybridized carbons (Fsp3) is 0.0909. The summed E-state index contributed by atoms with van der Waals surface area (Å²) in [5.41, 5.74) is 2.30. The van der Waals surface area contributed by atoms with E-state index in [0.717, 1.165) is 11.0 Å². The van der Waals surface area contributed by atoms with E-state index in [0.29, 0.717) is 16.5 Å². The first kappa shape index (κ1) is 10.2. The van der Waals surface area contributed by atoms with Crippen LogP contribution in [0.3, 0.4) is 0 Å². The van der Waals surface area contributed by atoms with Crippen LogP contribution in [-0.2, 0) is 11.2 Å². The molecule has 0 spiro atoms. The molecular weight excluding hydrogens is 242 g/mol. The second kappa shape index (κ2) is 3.49. The molecule has 0 fully saturated rings. The predicted octanol–water partition coefficient (Wildman–Crippen LogP) is 2.10. The summed E-state index contributed by atoms with van der Waals surface area (Å²) in [5, 5.41) is 9.34. The van der Waals surface area contributed by atoms with Gasteiger partial charge in [-0.25, -0.2) is 4.98 Å². The zero-order chi connectivity index (χ0) is 12.0. The van der Waals surface area contributed by atoms with Gasteiger partial charge in [-0.15, -0.1) is 0 Å². The molecule has 6 heteroatoms. The predicted molar refractivity (Wildman–Crippen MR) is 63.4 cm³/mol.